The Balaban J connectivity index is 0.000000695. The molecule has 6 heteroatoms. The fourth-order valence-corrected chi connectivity index (χ4v) is 4.63. The van der Waals surface area contributed by atoms with Gasteiger partial charge in [0.25, 0.3) is 0 Å². The number of halogens is 1. The minimum absolute atomic E-state index is 0.0319. The number of aromatic nitrogens is 1. The van der Waals surface area contributed by atoms with Gasteiger partial charge in [-0.15, -0.1) is 0 Å². The fraction of sp³-hybridized carbons (Fsp3) is 0.419. The highest BCUT2D eigenvalue weighted by Gasteiger charge is 2.29. The first-order chi connectivity index (χ1) is 17.2. The zero-order chi connectivity index (χ0) is 27.4. The molecule has 1 saturated heterocycles. The molecule has 0 aliphatic carbocycles. The molecule has 0 atom stereocenters. The number of carboxylic acids is 1. The standard InChI is InChI=1S/C27H29ClN2O2.C4H10O/c1-18-23(16-25(31)32)26(30-12-10-27(2,3)11-13-30)24(17-29-18)21-8-4-6-19(14-21)20-7-5-9-22(28)15-20;1-4(2,3)5/h4-9,14-15,17H,10-13,16H2,1-3H3,(H,31,32);5H,1-3H3. The fourth-order valence-electron chi connectivity index (χ4n) is 4.44. The molecule has 1 aliphatic rings. The van der Waals surface area contributed by atoms with Gasteiger partial charge in [0.2, 0.25) is 0 Å². The van der Waals surface area contributed by atoms with Crippen molar-refractivity contribution in [2.45, 2.75) is 66.4 Å². The van der Waals surface area contributed by atoms with Crippen molar-refractivity contribution in [3.8, 4) is 22.3 Å². The SMILES string of the molecule is CC(C)(C)O.Cc1ncc(-c2cccc(-c3cccc(Cl)c3)c2)c(N2CCC(C)(C)CC2)c1CC(=O)O. The summed E-state index contributed by atoms with van der Waals surface area (Å²) in [5.74, 6) is -0.835. The van der Waals surface area contributed by atoms with Gasteiger partial charge in [-0.3, -0.25) is 9.78 Å². The number of benzene rings is 2. The highest BCUT2D eigenvalue weighted by molar-refractivity contribution is 6.30. The number of aryl methyl sites for hydroxylation is 1. The summed E-state index contributed by atoms with van der Waals surface area (Å²) in [5.41, 5.74) is 6.53. The Kier molecular flexibility index (Phi) is 9.04. The quantitative estimate of drug-likeness (QED) is 0.365. The lowest BCUT2D eigenvalue weighted by Gasteiger charge is -2.40. The smallest absolute Gasteiger partial charge is 0.307 e. The Hall–Kier alpha value is -2.89. The summed E-state index contributed by atoms with van der Waals surface area (Å²) in [5, 5.41) is 18.8. The van der Waals surface area contributed by atoms with Gasteiger partial charge in [0.15, 0.2) is 0 Å². The Morgan fingerprint density at radius 1 is 1.03 bits per heavy atom. The first-order valence-electron chi connectivity index (χ1n) is 12.8. The van der Waals surface area contributed by atoms with E-state index in [1.54, 1.807) is 20.8 Å². The number of hydrogen-bond acceptors (Lipinski definition) is 4. The largest absolute Gasteiger partial charge is 0.481 e. The van der Waals surface area contributed by atoms with E-state index in [0.29, 0.717) is 10.4 Å². The molecular weight excluding hydrogens is 484 g/mol. The van der Waals surface area contributed by atoms with E-state index in [0.717, 1.165) is 65.1 Å². The van der Waals surface area contributed by atoms with Crippen LogP contribution in [0.2, 0.25) is 5.02 Å². The zero-order valence-electron chi connectivity index (χ0n) is 22.8. The van der Waals surface area contributed by atoms with Crippen LogP contribution in [-0.2, 0) is 11.2 Å². The molecule has 4 rings (SSSR count). The van der Waals surface area contributed by atoms with E-state index in [-0.39, 0.29) is 6.42 Å². The molecule has 3 aromatic rings. The molecule has 0 saturated carbocycles. The van der Waals surface area contributed by atoms with Crippen molar-refractivity contribution in [1.82, 2.24) is 4.98 Å². The summed E-state index contributed by atoms with van der Waals surface area (Å²) in [7, 11) is 0. The normalized spacial score (nSPS) is 15.1. The summed E-state index contributed by atoms with van der Waals surface area (Å²) in [6.45, 7) is 13.5. The molecule has 1 aromatic heterocycles. The van der Waals surface area contributed by atoms with Gasteiger partial charge >= 0.3 is 5.97 Å². The second-order valence-electron chi connectivity index (χ2n) is 11.6. The van der Waals surface area contributed by atoms with Gasteiger partial charge in [0, 0.05) is 41.1 Å². The van der Waals surface area contributed by atoms with Crippen LogP contribution < -0.4 is 4.90 Å². The van der Waals surface area contributed by atoms with Crippen LogP contribution in [0.5, 0.6) is 0 Å². The maximum atomic E-state index is 11.7. The number of aliphatic carboxylic acids is 1. The predicted molar refractivity (Wildman–Crippen MR) is 153 cm³/mol. The number of hydrogen-bond donors (Lipinski definition) is 2. The highest BCUT2D eigenvalue weighted by atomic mass is 35.5. The molecule has 37 heavy (non-hydrogen) atoms. The average molecular weight is 523 g/mol. The Labute approximate surface area is 226 Å². The first kappa shape index (κ1) is 28.7. The molecule has 0 unspecified atom stereocenters. The number of carboxylic acid groups (broad SMARTS) is 1. The van der Waals surface area contributed by atoms with E-state index in [9.17, 15) is 9.90 Å². The van der Waals surface area contributed by atoms with Crippen molar-refractivity contribution in [3.63, 3.8) is 0 Å². The monoisotopic (exact) mass is 522 g/mol. The van der Waals surface area contributed by atoms with Gasteiger partial charge in [0.05, 0.1) is 17.7 Å². The molecule has 0 amide bonds. The zero-order valence-corrected chi connectivity index (χ0v) is 23.6. The van der Waals surface area contributed by atoms with Crippen LogP contribution in [0.3, 0.4) is 0 Å². The van der Waals surface area contributed by atoms with E-state index >= 15 is 0 Å². The highest BCUT2D eigenvalue weighted by Crippen LogP contribution is 2.40. The molecule has 2 heterocycles. The van der Waals surface area contributed by atoms with Gasteiger partial charge in [-0.25, -0.2) is 0 Å². The lowest BCUT2D eigenvalue weighted by atomic mass is 9.82. The molecule has 1 aliphatic heterocycles. The molecule has 1 fully saturated rings. The average Bonchev–Trinajstić information content (AvgIpc) is 2.79. The summed E-state index contributed by atoms with van der Waals surface area (Å²) in [6, 6.07) is 16.1. The lowest BCUT2D eigenvalue weighted by molar-refractivity contribution is -0.136. The maximum absolute atomic E-state index is 11.7. The van der Waals surface area contributed by atoms with Gasteiger partial charge in [-0.2, -0.15) is 0 Å². The molecule has 2 aromatic carbocycles. The molecule has 198 valence electrons. The number of nitrogens with zero attached hydrogens (tertiary/aromatic N) is 2. The van der Waals surface area contributed by atoms with Crippen molar-refractivity contribution >= 4 is 23.3 Å². The van der Waals surface area contributed by atoms with Gasteiger partial charge in [-0.05, 0) is 80.8 Å². The van der Waals surface area contributed by atoms with E-state index in [2.05, 4.69) is 41.9 Å². The lowest BCUT2D eigenvalue weighted by Crippen LogP contribution is -2.38. The molecule has 5 nitrogen and oxygen atoms in total. The van der Waals surface area contributed by atoms with Crippen LogP contribution in [0.25, 0.3) is 22.3 Å². The minimum Gasteiger partial charge on any atom is -0.481 e. The third kappa shape index (κ3) is 8.31. The van der Waals surface area contributed by atoms with Crippen molar-refractivity contribution in [2.24, 2.45) is 5.41 Å². The van der Waals surface area contributed by atoms with Crippen LogP contribution in [-0.4, -0.2) is 39.9 Å². The van der Waals surface area contributed by atoms with Crippen molar-refractivity contribution in [2.75, 3.05) is 18.0 Å². The van der Waals surface area contributed by atoms with Crippen molar-refractivity contribution in [1.29, 1.82) is 0 Å². The van der Waals surface area contributed by atoms with E-state index in [1.165, 1.54) is 0 Å². The molecule has 0 radical (unpaired) electrons. The minimum atomic E-state index is -0.835. The first-order valence-corrected chi connectivity index (χ1v) is 13.2. The van der Waals surface area contributed by atoms with Gasteiger partial charge in [0.1, 0.15) is 0 Å². The van der Waals surface area contributed by atoms with Crippen LogP contribution in [0, 0.1) is 12.3 Å². The number of pyridine rings is 1. The van der Waals surface area contributed by atoms with Crippen LogP contribution >= 0.6 is 11.6 Å². The number of piperidine rings is 1. The van der Waals surface area contributed by atoms with Crippen molar-refractivity contribution < 1.29 is 15.0 Å². The van der Waals surface area contributed by atoms with Gasteiger partial charge < -0.3 is 15.1 Å². The predicted octanol–water partition coefficient (Wildman–Crippen LogP) is 7.41. The van der Waals surface area contributed by atoms with Crippen molar-refractivity contribution in [3.05, 3.63) is 71.0 Å². The van der Waals surface area contributed by atoms with Crippen LogP contribution in [0.1, 0.15) is 58.7 Å². The van der Waals surface area contributed by atoms with Crippen LogP contribution in [0.4, 0.5) is 5.69 Å². The summed E-state index contributed by atoms with van der Waals surface area (Å²) < 4.78 is 0. The summed E-state index contributed by atoms with van der Waals surface area (Å²) >= 11 is 6.22. The summed E-state index contributed by atoms with van der Waals surface area (Å²) in [6.07, 6.45) is 4.01. The Bertz CT molecular complexity index is 1230. The second-order valence-corrected chi connectivity index (χ2v) is 12.0. The third-order valence-corrected chi connectivity index (χ3v) is 6.69. The second kappa shape index (κ2) is 11.7. The Morgan fingerprint density at radius 2 is 1.57 bits per heavy atom. The summed E-state index contributed by atoms with van der Waals surface area (Å²) in [4.78, 5) is 18.7. The van der Waals surface area contributed by atoms with E-state index in [4.69, 9.17) is 16.7 Å². The van der Waals surface area contributed by atoms with Gasteiger partial charge in [-0.1, -0.05) is 55.8 Å². The molecular formula is C31H39ClN2O3. The number of anilines is 1. The van der Waals surface area contributed by atoms with E-state index < -0.39 is 11.6 Å². The third-order valence-electron chi connectivity index (χ3n) is 6.46. The van der Waals surface area contributed by atoms with Crippen LogP contribution in [0.15, 0.2) is 54.7 Å². The molecule has 0 bridgehead atoms. The number of rotatable bonds is 5. The number of carbonyl (C=O) groups is 1. The molecule has 2 N–H and O–H groups in total. The number of aliphatic hydroxyl groups is 1. The topological polar surface area (TPSA) is 73.7 Å². The Morgan fingerprint density at radius 3 is 2.14 bits per heavy atom. The maximum Gasteiger partial charge on any atom is 0.307 e. The molecule has 0 spiro atoms. The van der Waals surface area contributed by atoms with E-state index in [1.807, 2.05) is 43.5 Å².